The minimum Gasteiger partial charge on any atom is -0.456 e. The number of carbonyl (C=O) groups excluding carboxylic acids is 14. The molecule has 20 heterocycles. The number of ether oxygens (including phenoxy) is 27. The van der Waals surface area contributed by atoms with Crippen molar-refractivity contribution in [1.29, 1.82) is 0 Å². The smallest absolute Gasteiger partial charge is 0.303 e. The summed E-state index contributed by atoms with van der Waals surface area (Å²) in [5, 5.41) is 25.7. The molecule has 0 N–H and O–H groups in total. The van der Waals surface area contributed by atoms with Gasteiger partial charge in [-0.15, -0.1) is 0 Å². The lowest BCUT2D eigenvalue weighted by Crippen LogP contribution is -2.70. The average molecular weight is 1900 g/mol. The molecule has 21 aliphatic rings. The number of hydrogen-bond acceptors (Lipinski definition) is 48. The number of esters is 14. The Hall–Kier alpha value is -12.8. The lowest BCUT2D eigenvalue weighted by Gasteiger charge is -2.52. The molecule has 0 spiro atoms. The molecular formula is C71H93N21O41. The molecule has 0 amide bonds. The van der Waals surface area contributed by atoms with Crippen molar-refractivity contribution in [2.45, 2.75) is 312 Å². The van der Waals surface area contributed by atoms with Crippen LogP contribution in [0, 0.1) is 5.92 Å². The number of carbonyl (C=O) groups is 14. The van der Waals surface area contributed by atoms with Gasteiger partial charge in [0.15, 0.2) is 123 Å². The summed E-state index contributed by atoms with van der Waals surface area (Å²) >= 11 is 0. The molecule has 21 fully saturated rings. The molecule has 14 unspecified atom stereocenters. The molecule has 0 aromatic rings. The van der Waals surface area contributed by atoms with Crippen LogP contribution in [-0.2, 0) is 195 Å². The summed E-state index contributed by atoms with van der Waals surface area (Å²) in [4.78, 5) is 213. The SMILES string of the molecule is CC(=O)OC1[C@@H]2OC(CN=[N+]=[N-])[C@@H](O[C@@H]3OC(CN=[N+]=[N-])[C@@H](O[C@@H]4OC(CN=[N+]=[N-])[C@@H](O[C@@H]5OC(CN=[N+]=[N-])[C@@H](O[C@H]6OC(CN=[N+]=[N-])[C@@H](O[C@H]7OC(CN=[N+]=[N-])[C@@H](O[C@H]8CC(CN=[N+]=[N-])[C@@H](O2)[C@H](OC(C)=O)C8OC(C)=O)[C@H](OC(C)=O)C7OC(C)=O)[C@H](OC(C)=O)C6OC(C)=O)[C@H](OC(C)=O)C5OC(C)=O)[C@@H](OC(C)=O)C4OC(C)=O)[C@H](OC(C)=O)C3OC(C)=O)[C@@H]1OC(C)=O. The van der Waals surface area contributed by atoms with E-state index in [1.807, 2.05) is 0 Å². The quantitative estimate of drug-likeness (QED) is 0.0357. The summed E-state index contributed by atoms with van der Waals surface area (Å²) in [6.45, 7) is 4.55. The van der Waals surface area contributed by atoms with Crippen LogP contribution in [0.5, 0.6) is 0 Å². The standard InChI is InChI=1S/C71H93N21O41/c1-23(93)107-46-38-15-37(16-79-86-72)45(53(46)108-24(2)94)128-66-61(116-32(10)102)55(110-26(4)96)48(40(123-66)18-81-88-74)130-68-63(118-34(12)104)57(112-28(6)98)50(42(125-68)20-83-90-76)132-70-65(120-36(14)106)59(114-30(8)100)52(44(127-70)22-85-92-78)133-71-64(119-35(13)105)58(113-29(7)99)51(43(126-71)21-84-91-77)131-69-62(117-33(11)103)56(111-27(5)97)49(41(124-69)19-82-89-75)129-67-60(115-31(9)101)54(109-25(3)95)47(121-38)39(122-67)17-80-87-73/h37-71H,15-22H2,1-14H3/t37?,38-,39?,40?,41?,42?,43?,44?,45+,46?,47+,48+,49+,50+,51+,52+,53-,54-,55-,56-,57-,58-,59+,60?,61?,62?,63?,64?,65?,66+,67+,68-,69+,70-,71-/m0/s1. The first-order valence-corrected chi connectivity index (χ1v) is 40.2. The molecule has 14 bridgehead atoms. The molecule has 133 heavy (non-hydrogen) atoms. The maximum atomic E-state index is 13.8. The summed E-state index contributed by atoms with van der Waals surface area (Å²) in [5.74, 6) is -19.4. The Morgan fingerprint density at radius 2 is 0.346 bits per heavy atom. The molecule has 21 rings (SSSR count). The van der Waals surface area contributed by atoms with E-state index in [-0.39, 0.29) is 0 Å². The highest BCUT2D eigenvalue weighted by Gasteiger charge is 2.65. The van der Waals surface area contributed by atoms with E-state index in [1.165, 1.54) is 0 Å². The number of rotatable bonds is 28. The Bertz CT molecular complexity index is 3830. The van der Waals surface area contributed by atoms with Gasteiger partial charge in [-0.3, -0.25) is 67.1 Å². The van der Waals surface area contributed by atoms with E-state index in [0.29, 0.717) is 0 Å². The summed E-state index contributed by atoms with van der Waals surface area (Å²) in [5.41, 5.74) is 70.4. The van der Waals surface area contributed by atoms with Crippen LogP contribution in [-0.4, -0.2) is 338 Å². The maximum absolute atomic E-state index is 13.8. The van der Waals surface area contributed by atoms with Crippen molar-refractivity contribution in [3.05, 3.63) is 73.1 Å². The molecule has 62 heteroatoms. The Morgan fingerprint density at radius 1 is 0.203 bits per heavy atom. The third-order valence-electron chi connectivity index (χ3n) is 20.2. The second kappa shape index (κ2) is 49.6. The Labute approximate surface area is 749 Å². The normalized spacial score (nSPS) is 35.6. The van der Waals surface area contributed by atoms with Gasteiger partial charge in [0.25, 0.3) is 0 Å². The highest BCUT2D eigenvalue weighted by atomic mass is 16.8. The second-order valence-electron chi connectivity index (χ2n) is 29.9. The molecule has 20 saturated heterocycles. The zero-order chi connectivity index (χ0) is 97.9. The molecule has 0 radical (unpaired) electrons. The van der Waals surface area contributed by atoms with Crippen LogP contribution in [0.2, 0.25) is 0 Å². The van der Waals surface area contributed by atoms with Crippen LogP contribution in [0.4, 0.5) is 0 Å². The van der Waals surface area contributed by atoms with Crippen molar-refractivity contribution in [1.82, 2.24) is 0 Å². The molecule has 1 aliphatic carbocycles. The van der Waals surface area contributed by atoms with Gasteiger partial charge in [0, 0.05) is 138 Å². The van der Waals surface area contributed by atoms with Gasteiger partial charge in [-0.1, -0.05) is 35.8 Å². The topological polar surface area (TPSA) is 830 Å². The number of azide groups is 7. The summed E-state index contributed by atoms with van der Waals surface area (Å²) in [6, 6.07) is 0. The van der Waals surface area contributed by atoms with Gasteiger partial charge in [0.1, 0.15) is 42.7 Å². The monoisotopic (exact) mass is 1900 g/mol. The van der Waals surface area contributed by atoms with Crippen molar-refractivity contribution in [3.8, 4) is 0 Å². The third kappa shape index (κ3) is 28.6. The van der Waals surface area contributed by atoms with Crippen molar-refractivity contribution in [3.63, 3.8) is 0 Å². The van der Waals surface area contributed by atoms with E-state index >= 15 is 0 Å². The van der Waals surface area contributed by atoms with E-state index in [2.05, 4.69) is 70.2 Å². The van der Waals surface area contributed by atoms with Crippen LogP contribution >= 0.6 is 0 Å². The summed E-state index contributed by atoms with van der Waals surface area (Å²) in [7, 11) is 0. The largest absolute Gasteiger partial charge is 0.456 e. The first kappa shape index (κ1) is 106. The van der Waals surface area contributed by atoms with E-state index in [9.17, 15) is 106 Å². The first-order chi connectivity index (χ1) is 63.2. The van der Waals surface area contributed by atoms with Crippen molar-refractivity contribution < 1.29 is 195 Å². The van der Waals surface area contributed by atoms with Gasteiger partial charge in [-0.05, 0) is 51.1 Å². The van der Waals surface area contributed by atoms with E-state index in [1.54, 1.807) is 0 Å². The van der Waals surface area contributed by atoms with Crippen molar-refractivity contribution in [2.75, 3.05) is 45.8 Å². The third-order valence-corrected chi connectivity index (χ3v) is 20.2. The fourth-order valence-corrected chi connectivity index (χ4v) is 16.0. The van der Waals surface area contributed by atoms with Crippen molar-refractivity contribution >= 4 is 83.6 Å². The van der Waals surface area contributed by atoms with E-state index < -0.39 is 350 Å². The van der Waals surface area contributed by atoms with Gasteiger partial charge >= 0.3 is 83.6 Å². The van der Waals surface area contributed by atoms with Crippen LogP contribution in [0.1, 0.15) is 103 Å². The van der Waals surface area contributed by atoms with Crippen LogP contribution < -0.4 is 0 Å². The van der Waals surface area contributed by atoms with E-state index in [0.717, 1.165) is 96.9 Å². The van der Waals surface area contributed by atoms with Crippen LogP contribution in [0.15, 0.2) is 35.8 Å². The molecule has 0 aromatic heterocycles. The fourth-order valence-electron chi connectivity index (χ4n) is 16.0. The molecule has 35 atom stereocenters. The highest BCUT2D eigenvalue weighted by molar-refractivity contribution is 5.72. The molecular weight excluding hydrogens is 1800 g/mol. The van der Waals surface area contributed by atoms with Gasteiger partial charge in [0.2, 0.25) is 0 Å². The number of nitrogens with zero attached hydrogens (tertiary/aromatic N) is 21. The first-order valence-electron chi connectivity index (χ1n) is 40.2. The van der Waals surface area contributed by atoms with Gasteiger partial charge in [-0.2, -0.15) is 0 Å². The Kier molecular flexibility index (Phi) is 39.4. The maximum Gasteiger partial charge on any atom is 0.303 e. The Balaban J connectivity index is 1.49. The second-order valence-corrected chi connectivity index (χ2v) is 29.9. The summed E-state index contributed by atoms with van der Waals surface area (Å²) in [6.07, 6.45) is -76.4. The highest BCUT2D eigenvalue weighted by Crippen LogP contribution is 2.46. The zero-order valence-corrected chi connectivity index (χ0v) is 73.0. The lowest BCUT2D eigenvalue weighted by molar-refractivity contribution is -0.391. The average Bonchev–Trinajstić information content (AvgIpc) is 0.857. The summed E-state index contributed by atoms with van der Waals surface area (Å²) < 4.78 is 169. The minimum absolute atomic E-state index is 0.727. The van der Waals surface area contributed by atoms with Crippen LogP contribution in [0.3, 0.4) is 0 Å². The van der Waals surface area contributed by atoms with Crippen molar-refractivity contribution in [2.24, 2.45) is 41.7 Å². The number of hydrogen-bond donors (Lipinski definition) is 0. The fraction of sp³-hybridized carbons (Fsp3) is 0.803. The van der Waals surface area contributed by atoms with Gasteiger partial charge in [-0.25, -0.2) is 0 Å². The predicted octanol–water partition coefficient (Wildman–Crippen LogP) is 2.65. The molecule has 1 saturated carbocycles. The molecule has 728 valence electrons. The van der Waals surface area contributed by atoms with E-state index in [4.69, 9.17) is 128 Å². The Morgan fingerprint density at radius 3 is 0.519 bits per heavy atom. The predicted molar refractivity (Wildman–Crippen MR) is 414 cm³/mol. The van der Waals surface area contributed by atoms with Crippen LogP contribution in [0.25, 0.3) is 73.1 Å². The molecule has 0 aromatic carbocycles. The van der Waals surface area contributed by atoms with Gasteiger partial charge < -0.3 is 128 Å². The van der Waals surface area contributed by atoms with Gasteiger partial charge in [0.05, 0.1) is 82.0 Å². The molecule has 62 nitrogen and oxygen atoms in total. The minimum atomic E-state index is -2.41. The molecule has 20 aliphatic heterocycles. The lowest BCUT2D eigenvalue weighted by atomic mass is 9.79. The zero-order valence-electron chi connectivity index (χ0n) is 73.0.